The minimum Gasteiger partial charge on any atom is -0.464 e. The maximum atomic E-state index is 11.9. The molecule has 112 valence electrons. The van der Waals surface area contributed by atoms with E-state index < -0.39 is 5.97 Å². The van der Waals surface area contributed by atoms with Crippen molar-refractivity contribution in [2.75, 3.05) is 20.2 Å². The van der Waals surface area contributed by atoms with Gasteiger partial charge in [-0.2, -0.15) is 4.98 Å². The van der Waals surface area contributed by atoms with Crippen LogP contribution < -0.4 is 5.32 Å². The van der Waals surface area contributed by atoms with Gasteiger partial charge < -0.3 is 14.6 Å². The maximum Gasteiger partial charge on any atom is 0.360 e. The molecular formula is C12H16N6O3. The molecule has 9 nitrogen and oxygen atoms in total. The fourth-order valence-corrected chi connectivity index (χ4v) is 2.57. The van der Waals surface area contributed by atoms with Gasteiger partial charge in [-0.05, 0) is 25.9 Å². The van der Waals surface area contributed by atoms with Crippen molar-refractivity contribution in [2.24, 2.45) is 0 Å². The standard InChI is InChI=1S/C12H16N6O3/c1-20-12(19)10-11(8-2-4-13-5-3-8)18(17-16-10)6-9-14-7-15-21-9/h7-8,13H,2-6H2,1H3. The van der Waals surface area contributed by atoms with E-state index in [1.807, 2.05) is 0 Å². The second-order valence-corrected chi connectivity index (χ2v) is 4.83. The molecule has 1 fully saturated rings. The first kappa shape index (κ1) is 13.7. The van der Waals surface area contributed by atoms with E-state index in [0.29, 0.717) is 12.4 Å². The van der Waals surface area contributed by atoms with Gasteiger partial charge in [-0.15, -0.1) is 5.10 Å². The summed E-state index contributed by atoms with van der Waals surface area (Å²) in [6.07, 6.45) is 3.17. The average Bonchev–Trinajstić information content (AvgIpc) is 3.17. The third kappa shape index (κ3) is 2.77. The Morgan fingerprint density at radius 2 is 2.33 bits per heavy atom. The third-order valence-electron chi connectivity index (χ3n) is 3.57. The van der Waals surface area contributed by atoms with E-state index in [-0.39, 0.29) is 11.6 Å². The summed E-state index contributed by atoms with van der Waals surface area (Å²) in [7, 11) is 1.34. The van der Waals surface area contributed by atoms with Crippen LogP contribution in [0.4, 0.5) is 0 Å². The van der Waals surface area contributed by atoms with Gasteiger partial charge in [0.25, 0.3) is 0 Å². The minimum atomic E-state index is -0.472. The molecule has 9 heteroatoms. The van der Waals surface area contributed by atoms with E-state index >= 15 is 0 Å². The van der Waals surface area contributed by atoms with Crippen molar-refractivity contribution < 1.29 is 14.1 Å². The van der Waals surface area contributed by atoms with E-state index in [1.54, 1.807) is 4.68 Å². The number of ether oxygens (including phenoxy) is 1. The molecule has 0 bridgehead atoms. The highest BCUT2D eigenvalue weighted by Gasteiger charge is 2.28. The van der Waals surface area contributed by atoms with Crippen LogP contribution in [0, 0.1) is 0 Å². The molecule has 0 aliphatic carbocycles. The Labute approximate surface area is 120 Å². The van der Waals surface area contributed by atoms with Gasteiger partial charge in [0, 0.05) is 5.92 Å². The lowest BCUT2D eigenvalue weighted by molar-refractivity contribution is 0.0591. The predicted molar refractivity (Wildman–Crippen MR) is 69.6 cm³/mol. The Morgan fingerprint density at radius 3 is 3.00 bits per heavy atom. The first-order valence-corrected chi connectivity index (χ1v) is 6.77. The molecular weight excluding hydrogens is 276 g/mol. The van der Waals surface area contributed by atoms with Crippen molar-refractivity contribution in [2.45, 2.75) is 25.3 Å². The first-order valence-electron chi connectivity index (χ1n) is 6.77. The molecule has 0 aromatic carbocycles. The highest BCUT2D eigenvalue weighted by atomic mass is 16.5. The van der Waals surface area contributed by atoms with E-state index in [1.165, 1.54) is 13.4 Å². The molecule has 0 spiro atoms. The van der Waals surface area contributed by atoms with Crippen molar-refractivity contribution in [3.63, 3.8) is 0 Å². The normalized spacial score (nSPS) is 16.0. The Bertz CT molecular complexity index is 603. The molecule has 3 heterocycles. The van der Waals surface area contributed by atoms with Crippen LogP contribution in [0.25, 0.3) is 0 Å². The molecule has 21 heavy (non-hydrogen) atoms. The number of esters is 1. The van der Waals surface area contributed by atoms with Crippen LogP contribution in [0.1, 0.15) is 40.8 Å². The lowest BCUT2D eigenvalue weighted by Gasteiger charge is -2.23. The second kappa shape index (κ2) is 6.00. The number of methoxy groups -OCH3 is 1. The number of hydrogen-bond donors (Lipinski definition) is 1. The number of rotatable bonds is 4. The van der Waals surface area contributed by atoms with Gasteiger partial charge in [-0.25, -0.2) is 9.48 Å². The summed E-state index contributed by atoms with van der Waals surface area (Å²) in [6, 6.07) is 0. The van der Waals surface area contributed by atoms with Crippen molar-refractivity contribution >= 4 is 5.97 Å². The highest BCUT2D eigenvalue weighted by molar-refractivity contribution is 5.88. The summed E-state index contributed by atoms with van der Waals surface area (Å²) < 4.78 is 11.4. The quantitative estimate of drug-likeness (QED) is 0.782. The SMILES string of the molecule is COC(=O)c1nnn(Cc2ncno2)c1C1CCNCC1. The smallest absolute Gasteiger partial charge is 0.360 e. The summed E-state index contributed by atoms with van der Waals surface area (Å²) in [5, 5.41) is 14.9. The lowest BCUT2D eigenvalue weighted by Crippen LogP contribution is -2.29. The summed E-state index contributed by atoms with van der Waals surface area (Å²) in [5.41, 5.74) is 1.05. The molecule has 0 radical (unpaired) electrons. The van der Waals surface area contributed by atoms with E-state index in [4.69, 9.17) is 9.26 Å². The number of carbonyl (C=O) groups is 1. The molecule has 3 rings (SSSR count). The molecule has 1 saturated heterocycles. The number of nitrogens with zero attached hydrogens (tertiary/aromatic N) is 5. The zero-order valence-electron chi connectivity index (χ0n) is 11.7. The van der Waals surface area contributed by atoms with E-state index in [2.05, 4.69) is 25.8 Å². The van der Waals surface area contributed by atoms with Crippen LogP contribution in [0.3, 0.4) is 0 Å². The van der Waals surface area contributed by atoms with Gasteiger partial charge in [0.1, 0.15) is 6.54 Å². The molecule has 0 unspecified atom stereocenters. The molecule has 1 aliphatic heterocycles. The second-order valence-electron chi connectivity index (χ2n) is 4.83. The molecule has 2 aromatic rings. The van der Waals surface area contributed by atoms with Crippen molar-refractivity contribution in [3.05, 3.63) is 23.6 Å². The summed E-state index contributed by atoms with van der Waals surface area (Å²) >= 11 is 0. The molecule has 1 N–H and O–H groups in total. The van der Waals surface area contributed by atoms with Crippen LogP contribution in [0.5, 0.6) is 0 Å². The fourth-order valence-electron chi connectivity index (χ4n) is 2.57. The number of aromatic nitrogens is 5. The van der Waals surface area contributed by atoms with Crippen molar-refractivity contribution in [1.29, 1.82) is 0 Å². The van der Waals surface area contributed by atoms with E-state index in [9.17, 15) is 4.79 Å². The number of nitrogens with one attached hydrogen (secondary N) is 1. The fraction of sp³-hybridized carbons (Fsp3) is 0.583. The van der Waals surface area contributed by atoms with Gasteiger partial charge in [-0.3, -0.25) is 0 Å². The number of hydrogen-bond acceptors (Lipinski definition) is 8. The first-order chi connectivity index (χ1) is 10.3. The van der Waals surface area contributed by atoms with Crippen molar-refractivity contribution in [1.82, 2.24) is 30.5 Å². The zero-order valence-corrected chi connectivity index (χ0v) is 11.7. The van der Waals surface area contributed by atoms with Gasteiger partial charge in [0.15, 0.2) is 12.0 Å². The van der Waals surface area contributed by atoms with Crippen molar-refractivity contribution in [3.8, 4) is 0 Å². The van der Waals surface area contributed by atoms with Gasteiger partial charge >= 0.3 is 5.97 Å². The van der Waals surface area contributed by atoms with Crippen LogP contribution >= 0.6 is 0 Å². The molecule has 0 amide bonds. The van der Waals surface area contributed by atoms with Gasteiger partial charge in [0.2, 0.25) is 5.89 Å². The summed E-state index contributed by atoms with van der Waals surface area (Å²) in [6.45, 7) is 2.09. The van der Waals surface area contributed by atoms with Crippen LogP contribution in [0.15, 0.2) is 10.9 Å². The summed E-state index contributed by atoms with van der Waals surface area (Å²) in [5.74, 6) is 0.157. The zero-order chi connectivity index (χ0) is 14.7. The number of carbonyl (C=O) groups excluding carboxylic acids is 1. The number of piperidine rings is 1. The predicted octanol–water partition coefficient (Wildman–Crippen LogP) is -0.0370. The monoisotopic (exact) mass is 292 g/mol. The molecule has 0 atom stereocenters. The molecule has 2 aromatic heterocycles. The Hall–Kier alpha value is -2.29. The maximum absolute atomic E-state index is 11.9. The topological polar surface area (TPSA) is 108 Å². The van der Waals surface area contributed by atoms with Gasteiger partial charge in [-0.1, -0.05) is 10.4 Å². The largest absolute Gasteiger partial charge is 0.464 e. The van der Waals surface area contributed by atoms with Crippen LogP contribution in [-0.4, -0.2) is 51.3 Å². The minimum absolute atomic E-state index is 0.207. The average molecular weight is 292 g/mol. The summed E-state index contributed by atoms with van der Waals surface area (Å²) in [4.78, 5) is 15.9. The Balaban J connectivity index is 1.94. The van der Waals surface area contributed by atoms with E-state index in [0.717, 1.165) is 31.6 Å². The molecule has 1 aliphatic rings. The third-order valence-corrected chi connectivity index (χ3v) is 3.57. The van der Waals surface area contributed by atoms with Gasteiger partial charge in [0.05, 0.1) is 12.8 Å². The van der Waals surface area contributed by atoms with Crippen LogP contribution in [0.2, 0.25) is 0 Å². The lowest BCUT2D eigenvalue weighted by atomic mass is 9.93. The Kier molecular flexibility index (Phi) is 3.91. The molecule has 0 saturated carbocycles. The Morgan fingerprint density at radius 1 is 1.52 bits per heavy atom. The van der Waals surface area contributed by atoms with Crippen LogP contribution in [-0.2, 0) is 11.3 Å². The highest BCUT2D eigenvalue weighted by Crippen LogP contribution is 2.27.